The molecule has 0 unspecified atom stereocenters. The summed E-state index contributed by atoms with van der Waals surface area (Å²) in [6.45, 7) is 1.30. The summed E-state index contributed by atoms with van der Waals surface area (Å²) in [5.74, 6) is 0.852. The molecule has 1 aromatic carbocycles. The molecule has 0 aliphatic rings. The van der Waals surface area contributed by atoms with Gasteiger partial charge in [-0.2, -0.15) is 9.61 Å². The van der Waals surface area contributed by atoms with Crippen LogP contribution in [0.1, 0.15) is 22.5 Å². The van der Waals surface area contributed by atoms with Crippen LogP contribution in [0, 0.1) is 0 Å². The number of amides is 1. The number of thiophene rings is 1. The molecule has 4 aromatic rings. The van der Waals surface area contributed by atoms with E-state index in [2.05, 4.69) is 20.7 Å². The minimum atomic E-state index is -0.0341. The van der Waals surface area contributed by atoms with Crippen LogP contribution in [0.15, 0.2) is 54.0 Å². The first kappa shape index (κ1) is 20.0. The Balaban J connectivity index is 1.40. The summed E-state index contributed by atoms with van der Waals surface area (Å²) in [6, 6.07) is 12.6. The van der Waals surface area contributed by atoms with Crippen molar-refractivity contribution < 1.29 is 9.90 Å². The molecule has 2 radical (unpaired) electrons. The van der Waals surface area contributed by atoms with E-state index in [9.17, 15) is 9.90 Å². The quantitative estimate of drug-likeness (QED) is 0.303. The molecule has 0 atom stereocenters. The molecule has 4 rings (SSSR count). The third-order valence-corrected chi connectivity index (χ3v) is 5.49. The van der Waals surface area contributed by atoms with Gasteiger partial charge in [0.15, 0.2) is 5.65 Å². The fourth-order valence-electron chi connectivity index (χ4n) is 3.10. The average Bonchev–Trinajstić information content (AvgIpc) is 3.41. The maximum absolute atomic E-state index is 11.9. The number of anilines is 1. The number of rotatable bonds is 8. The van der Waals surface area contributed by atoms with Crippen LogP contribution in [0.2, 0.25) is 0 Å². The van der Waals surface area contributed by atoms with Crippen LogP contribution < -0.4 is 16.1 Å². The summed E-state index contributed by atoms with van der Waals surface area (Å²) >= 11 is 1.43. The molecule has 9 heteroatoms. The van der Waals surface area contributed by atoms with Gasteiger partial charge >= 0.3 is 0 Å². The van der Waals surface area contributed by atoms with Crippen molar-refractivity contribution in [2.24, 2.45) is 0 Å². The van der Waals surface area contributed by atoms with Gasteiger partial charge in [-0.25, -0.2) is 4.98 Å². The lowest BCUT2D eigenvalue weighted by atomic mass is 10.0. The summed E-state index contributed by atoms with van der Waals surface area (Å²) < 4.78 is 1.65. The van der Waals surface area contributed by atoms with Crippen molar-refractivity contribution in [2.45, 2.75) is 12.8 Å². The van der Waals surface area contributed by atoms with E-state index in [-0.39, 0.29) is 11.7 Å². The maximum atomic E-state index is 11.9. The zero-order valence-electron chi connectivity index (χ0n) is 16.2. The van der Waals surface area contributed by atoms with Crippen LogP contribution >= 0.6 is 11.3 Å². The SMILES string of the molecule is [B]c1cnn2c(NCCCCNC(=O)c3cccs3)cc(-c3ccccc3O)nc12. The molecule has 0 saturated carbocycles. The summed E-state index contributed by atoms with van der Waals surface area (Å²) in [5, 5.41) is 22.6. The highest BCUT2D eigenvalue weighted by Gasteiger charge is 2.12. The first-order chi connectivity index (χ1) is 14.6. The number of unbranched alkanes of at least 4 members (excludes halogenated alkanes) is 1. The maximum Gasteiger partial charge on any atom is 0.261 e. The molecule has 3 heterocycles. The zero-order chi connectivity index (χ0) is 20.9. The predicted molar refractivity (Wildman–Crippen MR) is 120 cm³/mol. The number of aromatic hydroxyl groups is 1. The van der Waals surface area contributed by atoms with Crippen molar-refractivity contribution in [1.29, 1.82) is 0 Å². The van der Waals surface area contributed by atoms with Crippen molar-refractivity contribution in [3.05, 3.63) is 58.9 Å². The number of hydrogen-bond acceptors (Lipinski definition) is 6. The summed E-state index contributed by atoms with van der Waals surface area (Å²) in [5.41, 5.74) is 2.23. The summed E-state index contributed by atoms with van der Waals surface area (Å²) in [7, 11) is 6.02. The van der Waals surface area contributed by atoms with E-state index in [0.717, 1.165) is 23.5 Å². The lowest BCUT2D eigenvalue weighted by Crippen LogP contribution is -2.24. The number of fused-ring (bicyclic) bond motifs is 1. The van der Waals surface area contributed by atoms with E-state index in [0.29, 0.717) is 35.5 Å². The van der Waals surface area contributed by atoms with Gasteiger partial charge in [-0.15, -0.1) is 11.3 Å². The van der Waals surface area contributed by atoms with Crippen LogP contribution in [0.4, 0.5) is 5.82 Å². The van der Waals surface area contributed by atoms with E-state index in [1.807, 2.05) is 29.6 Å². The van der Waals surface area contributed by atoms with Crippen molar-refractivity contribution in [3.63, 3.8) is 0 Å². The normalized spacial score (nSPS) is 10.9. The summed E-state index contributed by atoms with van der Waals surface area (Å²) in [6.07, 6.45) is 3.26. The third-order valence-electron chi connectivity index (χ3n) is 4.62. The highest BCUT2D eigenvalue weighted by atomic mass is 32.1. The second-order valence-electron chi connectivity index (χ2n) is 6.75. The van der Waals surface area contributed by atoms with Gasteiger partial charge in [-0.1, -0.05) is 18.2 Å². The van der Waals surface area contributed by atoms with E-state index >= 15 is 0 Å². The minimum Gasteiger partial charge on any atom is -0.507 e. The molecular formula is C21H20BN5O2S. The number of hydrogen-bond donors (Lipinski definition) is 3. The second kappa shape index (κ2) is 9.00. The Bertz CT molecular complexity index is 1160. The molecule has 30 heavy (non-hydrogen) atoms. The Morgan fingerprint density at radius 3 is 2.80 bits per heavy atom. The van der Waals surface area contributed by atoms with Gasteiger partial charge in [0.05, 0.1) is 10.6 Å². The van der Waals surface area contributed by atoms with E-state index in [1.54, 1.807) is 28.9 Å². The van der Waals surface area contributed by atoms with E-state index < -0.39 is 0 Å². The highest BCUT2D eigenvalue weighted by Crippen LogP contribution is 2.29. The lowest BCUT2D eigenvalue weighted by Gasteiger charge is -2.12. The number of benzene rings is 1. The van der Waals surface area contributed by atoms with Gasteiger partial charge in [0, 0.05) is 30.9 Å². The number of carbonyl (C=O) groups is 1. The van der Waals surface area contributed by atoms with E-state index in [4.69, 9.17) is 7.85 Å². The number of phenols is 1. The topological polar surface area (TPSA) is 91.5 Å². The molecule has 3 aromatic heterocycles. The van der Waals surface area contributed by atoms with Gasteiger partial charge in [0.25, 0.3) is 5.91 Å². The molecule has 3 N–H and O–H groups in total. The summed E-state index contributed by atoms with van der Waals surface area (Å²) in [4.78, 5) is 17.2. The average molecular weight is 417 g/mol. The number of para-hydroxylation sites is 1. The Labute approximate surface area is 179 Å². The predicted octanol–water partition coefficient (Wildman–Crippen LogP) is 2.58. The first-order valence-corrected chi connectivity index (χ1v) is 10.5. The van der Waals surface area contributed by atoms with Crippen molar-refractivity contribution >= 4 is 42.0 Å². The van der Waals surface area contributed by atoms with Crippen LogP contribution in [0.5, 0.6) is 5.75 Å². The number of phenolic OH excluding ortho intramolecular Hbond substituents is 1. The molecule has 0 aliphatic heterocycles. The lowest BCUT2D eigenvalue weighted by molar-refractivity contribution is 0.0957. The van der Waals surface area contributed by atoms with Crippen LogP contribution in [-0.4, -0.2) is 46.5 Å². The Kier molecular flexibility index (Phi) is 5.99. The van der Waals surface area contributed by atoms with Crippen LogP contribution in [-0.2, 0) is 0 Å². The van der Waals surface area contributed by atoms with E-state index in [1.165, 1.54) is 11.3 Å². The van der Waals surface area contributed by atoms with Gasteiger partial charge in [0.1, 0.15) is 19.4 Å². The monoisotopic (exact) mass is 417 g/mol. The molecule has 0 aliphatic carbocycles. The van der Waals surface area contributed by atoms with Gasteiger partial charge in [0.2, 0.25) is 0 Å². The fraction of sp³-hybridized carbons (Fsp3) is 0.190. The molecule has 0 saturated heterocycles. The standard InChI is InChI=1S/C21H20BN5O2S/c22-15-13-25-27-19(12-16(26-20(15)27)14-6-1-2-7-17(14)28)23-9-3-4-10-24-21(29)18-8-5-11-30-18/h1-2,5-8,11-13,23,28H,3-4,9-10H2,(H,24,29). The second-order valence-corrected chi connectivity index (χ2v) is 7.69. The van der Waals surface area contributed by atoms with Crippen molar-refractivity contribution in [2.75, 3.05) is 18.4 Å². The zero-order valence-corrected chi connectivity index (χ0v) is 17.0. The molecule has 0 fully saturated rings. The van der Waals surface area contributed by atoms with Crippen LogP contribution in [0.25, 0.3) is 16.9 Å². The van der Waals surface area contributed by atoms with Crippen LogP contribution in [0.3, 0.4) is 0 Å². The Morgan fingerprint density at radius 1 is 1.17 bits per heavy atom. The molecule has 0 bridgehead atoms. The van der Waals surface area contributed by atoms with Crippen molar-refractivity contribution in [1.82, 2.24) is 19.9 Å². The molecular weight excluding hydrogens is 397 g/mol. The van der Waals surface area contributed by atoms with Gasteiger partial charge < -0.3 is 15.7 Å². The number of carbonyl (C=O) groups excluding carboxylic acids is 1. The Hall–Kier alpha value is -3.33. The molecule has 1 amide bonds. The third kappa shape index (κ3) is 4.31. The fourth-order valence-corrected chi connectivity index (χ4v) is 3.74. The van der Waals surface area contributed by atoms with Gasteiger partial charge in [-0.3, -0.25) is 4.79 Å². The number of nitrogens with zero attached hydrogens (tertiary/aromatic N) is 3. The Morgan fingerprint density at radius 2 is 2.00 bits per heavy atom. The van der Waals surface area contributed by atoms with Gasteiger partial charge in [-0.05, 0) is 41.9 Å². The largest absolute Gasteiger partial charge is 0.507 e. The first-order valence-electron chi connectivity index (χ1n) is 9.61. The molecule has 0 spiro atoms. The molecule has 7 nitrogen and oxygen atoms in total. The highest BCUT2D eigenvalue weighted by molar-refractivity contribution is 7.12. The number of aromatic nitrogens is 3. The number of nitrogens with one attached hydrogen (secondary N) is 2. The van der Waals surface area contributed by atoms with Crippen molar-refractivity contribution in [3.8, 4) is 17.0 Å². The smallest absolute Gasteiger partial charge is 0.261 e. The molecule has 150 valence electrons. The minimum absolute atomic E-state index is 0.0341.